The summed E-state index contributed by atoms with van der Waals surface area (Å²) in [6.45, 7) is 3.65. The van der Waals surface area contributed by atoms with Crippen LogP contribution in [0.4, 0.5) is 0 Å². The predicted molar refractivity (Wildman–Crippen MR) is 79.6 cm³/mol. The molecular weight excluding hydrogens is 264 g/mol. The second kappa shape index (κ2) is 6.79. The number of Topliss-reactive ketones (excluding diaryl/α,β-unsaturated/α-hetero) is 1. The minimum atomic E-state index is -0.0861. The van der Waals surface area contributed by atoms with Crippen LogP contribution in [0, 0.1) is 0 Å². The molecule has 1 aromatic heterocycles. The quantitative estimate of drug-likeness (QED) is 0.674. The monoisotopic (exact) mass is 283 g/mol. The van der Waals surface area contributed by atoms with Gasteiger partial charge in [-0.05, 0) is 25.5 Å². The Bertz CT molecular complexity index is 638. The molecule has 0 radical (unpaired) electrons. The maximum absolute atomic E-state index is 12.1. The zero-order valence-electron chi connectivity index (χ0n) is 12.2. The summed E-state index contributed by atoms with van der Waals surface area (Å²) < 4.78 is 1.71. The fraction of sp³-hybridized carbons (Fsp3) is 0.235. The third kappa shape index (κ3) is 4.24. The van der Waals surface area contributed by atoms with Gasteiger partial charge in [-0.25, -0.2) is 0 Å². The Morgan fingerprint density at radius 2 is 1.86 bits per heavy atom. The van der Waals surface area contributed by atoms with Gasteiger partial charge in [0.25, 0.3) is 5.91 Å². The molecule has 0 aliphatic heterocycles. The molecule has 108 valence electrons. The van der Waals surface area contributed by atoms with Gasteiger partial charge in [0.1, 0.15) is 0 Å². The summed E-state index contributed by atoms with van der Waals surface area (Å²) in [6, 6.07) is 13.3. The topological polar surface area (TPSA) is 50.0 Å². The molecule has 0 unspecified atom stereocenters. The smallest absolute Gasteiger partial charge is 0.286 e. The standard InChI is InChI=1S/C17H18N2O2/c1-13(15-7-4-3-5-8-15)18-17(21)12-19-10-6-9-16(11-19)14(2)20/h3-11,13H,12H2,1-2H3/p+1/t13-/m1/s1. The lowest BCUT2D eigenvalue weighted by Gasteiger charge is -2.12. The number of nitrogens with one attached hydrogen (secondary N) is 1. The van der Waals surface area contributed by atoms with Gasteiger partial charge < -0.3 is 5.32 Å². The molecule has 0 spiro atoms. The molecule has 0 aliphatic carbocycles. The molecule has 21 heavy (non-hydrogen) atoms. The van der Waals surface area contributed by atoms with Crippen LogP contribution in [-0.4, -0.2) is 11.7 Å². The van der Waals surface area contributed by atoms with Crippen molar-refractivity contribution in [3.05, 3.63) is 66.0 Å². The lowest BCUT2D eigenvalue weighted by atomic mass is 10.1. The SMILES string of the molecule is CC(=O)c1ccc[n+](CC(=O)N[C@H](C)c2ccccc2)c1. The van der Waals surface area contributed by atoms with Crippen LogP contribution in [0.5, 0.6) is 0 Å². The van der Waals surface area contributed by atoms with E-state index in [2.05, 4.69) is 5.32 Å². The maximum atomic E-state index is 12.1. The highest BCUT2D eigenvalue weighted by Crippen LogP contribution is 2.10. The number of hydrogen-bond acceptors (Lipinski definition) is 2. The normalized spacial score (nSPS) is 11.7. The van der Waals surface area contributed by atoms with Crippen molar-refractivity contribution in [2.45, 2.75) is 26.4 Å². The minimum Gasteiger partial charge on any atom is -0.344 e. The maximum Gasteiger partial charge on any atom is 0.286 e. The van der Waals surface area contributed by atoms with E-state index in [0.29, 0.717) is 5.56 Å². The second-order valence-corrected chi connectivity index (χ2v) is 5.02. The number of amides is 1. The molecule has 0 saturated carbocycles. The molecule has 1 atom stereocenters. The summed E-state index contributed by atoms with van der Waals surface area (Å²) in [5, 5.41) is 2.95. The first-order valence-electron chi connectivity index (χ1n) is 6.90. The Kier molecular flexibility index (Phi) is 4.82. The molecule has 2 rings (SSSR count). The Hall–Kier alpha value is -2.49. The third-order valence-corrected chi connectivity index (χ3v) is 3.27. The zero-order valence-corrected chi connectivity index (χ0v) is 12.2. The lowest BCUT2D eigenvalue weighted by Crippen LogP contribution is -2.43. The summed E-state index contributed by atoms with van der Waals surface area (Å²) >= 11 is 0. The average Bonchev–Trinajstić information content (AvgIpc) is 2.48. The van der Waals surface area contributed by atoms with E-state index in [1.165, 1.54) is 6.92 Å². The first-order valence-corrected chi connectivity index (χ1v) is 6.90. The first-order chi connectivity index (χ1) is 10.1. The highest BCUT2D eigenvalue weighted by atomic mass is 16.2. The summed E-state index contributed by atoms with van der Waals surface area (Å²) in [5.41, 5.74) is 1.66. The van der Waals surface area contributed by atoms with E-state index in [1.807, 2.05) is 37.3 Å². The van der Waals surface area contributed by atoms with E-state index in [0.717, 1.165) is 5.56 Å². The van der Waals surface area contributed by atoms with Gasteiger partial charge in [0.05, 0.1) is 11.6 Å². The van der Waals surface area contributed by atoms with Crippen molar-refractivity contribution in [2.24, 2.45) is 0 Å². The summed E-state index contributed by atoms with van der Waals surface area (Å²) in [4.78, 5) is 23.4. The molecule has 4 nitrogen and oxygen atoms in total. The molecule has 1 heterocycles. The van der Waals surface area contributed by atoms with Gasteiger partial charge in [0, 0.05) is 6.07 Å². The summed E-state index contributed by atoms with van der Waals surface area (Å²) in [6.07, 6.45) is 3.47. The van der Waals surface area contributed by atoms with Gasteiger partial charge in [-0.3, -0.25) is 9.59 Å². The fourth-order valence-corrected chi connectivity index (χ4v) is 2.11. The van der Waals surface area contributed by atoms with Gasteiger partial charge in [0.15, 0.2) is 18.2 Å². The van der Waals surface area contributed by atoms with Crippen LogP contribution in [0.3, 0.4) is 0 Å². The minimum absolute atomic E-state index is 0.0117. The van der Waals surface area contributed by atoms with E-state index < -0.39 is 0 Å². The number of benzene rings is 1. The van der Waals surface area contributed by atoms with Gasteiger partial charge in [0.2, 0.25) is 6.54 Å². The van der Waals surface area contributed by atoms with E-state index in [1.54, 1.807) is 29.1 Å². The van der Waals surface area contributed by atoms with Gasteiger partial charge in [-0.2, -0.15) is 4.57 Å². The number of hydrogen-bond donors (Lipinski definition) is 1. The van der Waals surface area contributed by atoms with Gasteiger partial charge >= 0.3 is 0 Å². The number of pyridine rings is 1. The number of aromatic nitrogens is 1. The lowest BCUT2D eigenvalue weighted by molar-refractivity contribution is -0.684. The van der Waals surface area contributed by atoms with E-state index in [-0.39, 0.29) is 24.3 Å². The number of nitrogens with zero attached hydrogens (tertiary/aromatic N) is 1. The number of carbonyl (C=O) groups excluding carboxylic acids is 2. The molecule has 0 bridgehead atoms. The number of carbonyl (C=O) groups is 2. The molecule has 0 aliphatic rings. The molecule has 0 fully saturated rings. The van der Waals surface area contributed by atoms with Crippen molar-refractivity contribution in [3.8, 4) is 0 Å². The van der Waals surface area contributed by atoms with E-state index in [9.17, 15) is 9.59 Å². The molecule has 4 heteroatoms. The van der Waals surface area contributed by atoms with Crippen molar-refractivity contribution in [1.82, 2.24) is 5.32 Å². The van der Waals surface area contributed by atoms with Crippen LogP contribution in [0.1, 0.15) is 35.8 Å². The molecule has 1 N–H and O–H groups in total. The van der Waals surface area contributed by atoms with Crippen LogP contribution >= 0.6 is 0 Å². The molecule has 1 amide bonds. The predicted octanol–water partition coefficient (Wildman–Crippen LogP) is 2.05. The van der Waals surface area contributed by atoms with Crippen molar-refractivity contribution < 1.29 is 14.2 Å². The van der Waals surface area contributed by atoms with Crippen molar-refractivity contribution in [3.63, 3.8) is 0 Å². The molecular formula is C17H19N2O2+. The van der Waals surface area contributed by atoms with Crippen LogP contribution in [0.25, 0.3) is 0 Å². The van der Waals surface area contributed by atoms with Crippen molar-refractivity contribution >= 4 is 11.7 Å². The van der Waals surface area contributed by atoms with Crippen molar-refractivity contribution in [2.75, 3.05) is 0 Å². The van der Waals surface area contributed by atoms with Gasteiger partial charge in [-0.1, -0.05) is 30.3 Å². The Labute approximate surface area is 124 Å². The Balaban J connectivity index is 1.99. The number of ketones is 1. The summed E-state index contributed by atoms with van der Waals surface area (Å²) in [5.74, 6) is -0.0977. The molecule has 2 aromatic rings. The van der Waals surface area contributed by atoms with Crippen LogP contribution < -0.4 is 9.88 Å². The second-order valence-electron chi connectivity index (χ2n) is 5.02. The highest BCUT2D eigenvalue weighted by molar-refractivity contribution is 5.93. The summed E-state index contributed by atoms with van der Waals surface area (Å²) in [7, 11) is 0. The molecule has 1 aromatic carbocycles. The molecule has 0 saturated heterocycles. The first kappa shape index (κ1) is 14.9. The van der Waals surface area contributed by atoms with E-state index in [4.69, 9.17) is 0 Å². The fourth-order valence-electron chi connectivity index (χ4n) is 2.11. The highest BCUT2D eigenvalue weighted by Gasteiger charge is 2.14. The number of rotatable bonds is 5. The Morgan fingerprint density at radius 3 is 2.52 bits per heavy atom. The largest absolute Gasteiger partial charge is 0.344 e. The van der Waals surface area contributed by atoms with Crippen LogP contribution in [-0.2, 0) is 11.3 Å². The van der Waals surface area contributed by atoms with Gasteiger partial charge in [-0.15, -0.1) is 0 Å². The van der Waals surface area contributed by atoms with Crippen LogP contribution in [0.15, 0.2) is 54.9 Å². The Morgan fingerprint density at radius 1 is 1.14 bits per heavy atom. The third-order valence-electron chi connectivity index (χ3n) is 3.27. The van der Waals surface area contributed by atoms with Crippen LogP contribution in [0.2, 0.25) is 0 Å². The van der Waals surface area contributed by atoms with E-state index >= 15 is 0 Å². The average molecular weight is 283 g/mol. The zero-order chi connectivity index (χ0) is 15.2. The van der Waals surface area contributed by atoms with Crippen molar-refractivity contribution in [1.29, 1.82) is 0 Å².